The van der Waals surface area contributed by atoms with Crippen molar-refractivity contribution in [2.75, 3.05) is 0 Å². The van der Waals surface area contributed by atoms with Gasteiger partial charge in [-0.05, 0) is 23.3 Å². The average Bonchev–Trinajstić information content (AvgIpc) is 3.26. The Hall–Kier alpha value is -2.99. The lowest BCUT2D eigenvalue weighted by atomic mass is 10.1. The second kappa shape index (κ2) is 7.09. The van der Waals surface area contributed by atoms with Crippen molar-refractivity contribution in [2.45, 2.75) is 31.4 Å². The van der Waals surface area contributed by atoms with E-state index in [1.54, 1.807) is 0 Å². The minimum Gasteiger partial charge on any atom is -0.421 e. The van der Waals surface area contributed by atoms with Gasteiger partial charge in [-0.15, -0.1) is 10.2 Å². The molecule has 0 radical (unpaired) electrons. The minimum atomic E-state index is -0.593. The number of aliphatic hydroxyl groups is 1. The summed E-state index contributed by atoms with van der Waals surface area (Å²) in [5, 5.41) is 21.2. The third-order valence-electron chi connectivity index (χ3n) is 4.57. The van der Waals surface area contributed by atoms with Crippen molar-refractivity contribution < 1.29 is 14.3 Å². The molecule has 1 amide bonds. The molecule has 4 rings (SSSR count). The van der Waals surface area contributed by atoms with Crippen LogP contribution in [0, 0.1) is 0 Å². The predicted octanol–water partition coefficient (Wildman–Crippen LogP) is 2.44. The van der Waals surface area contributed by atoms with Gasteiger partial charge in [0.2, 0.25) is 17.7 Å². The largest absolute Gasteiger partial charge is 0.421 e. The number of amides is 1. The molecule has 2 atom stereocenters. The number of carbonyl (C=O) groups is 1. The van der Waals surface area contributed by atoms with E-state index < -0.39 is 6.10 Å². The van der Waals surface area contributed by atoms with Gasteiger partial charge in [-0.2, -0.15) is 0 Å². The molecule has 6 nitrogen and oxygen atoms in total. The molecule has 1 heterocycles. The smallest absolute Gasteiger partial charge is 0.247 e. The summed E-state index contributed by atoms with van der Waals surface area (Å²) >= 11 is 0. The molecule has 0 saturated heterocycles. The summed E-state index contributed by atoms with van der Waals surface area (Å²) < 4.78 is 5.62. The highest BCUT2D eigenvalue weighted by Crippen LogP contribution is 2.31. The lowest BCUT2D eigenvalue weighted by molar-refractivity contribution is -0.122. The molecule has 0 bridgehead atoms. The highest BCUT2D eigenvalue weighted by Gasteiger charge is 2.31. The summed E-state index contributed by atoms with van der Waals surface area (Å²) in [6, 6.07) is 16.9. The predicted molar refractivity (Wildman–Crippen MR) is 95.1 cm³/mol. The van der Waals surface area contributed by atoms with E-state index in [0.29, 0.717) is 24.6 Å². The van der Waals surface area contributed by atoms with Gasteiger partial charge in [0.1, 0.15) is 0 Å². The first-order chi connectivity index (χ1) is 12.7. The van der Waals surface area contributed by atoms with Crippen LogP contribution >= 0.6 is 0 Å². The van der Waals surface area contributed by atoms with Crippen LogP contribution in [-0.2, 0) is 17.6 Å². The van der Waals surface area contributed by atoms with Crippen molar-refractivity contribution in [3.8, 4) is 11.5 Å². The van der Waals surface area contributed by atoms with E-state index in [2.05, 4.69) is 15.5 Å². The van der Waals surface area contributed by atoms with Gasteiger partial charge in [0.05, 0.1) is 12.1 Å². The number of carbonyl (C=O) groups excluding carboxylic acids is 1. The van der Waals surface area contributed by atoms with Crippen LogP contribution in [-0.4, -0.2) is 27.3 Å². The number of benzene rings is 2. The Balaban J connectivity index is 1.36. The van der Waals surface area contributed by atoms with Crippen molar-refractivity contribution in [3.63, 3.8) is 0 Å². The third-order valence-corrected chi connectivity index (χ3v) is 4.57. The molecule has 2 N–H and O–H groups in total. The quantitative estimate of drug-likeness (QED) is 0.739. The van der Waals surface area contributed by atoms with Gasteiger partial charge in [-0.25, -0.2) is 0 Å². The number of aromatic nitrogens is 2. The van der Waals surface area contributed by atoms with Gasteiger partial charge >= 0.3 is 0 Å². The van der Waals surface area contributed by atoms with E-state index in [4.69, 9.17) is 4.42 Å². The highest BCUT2D eigenvalue weighted by atomic mass is 16.4. The number of aliphatic hydroxyl groups excluding tert-OH is 1. The van der Waals surface area contributed by atoms with Gasteiger partial charge in [-0.1, -0.05) is 42.5 Å². The van der Waals surface area contributed by atoms with Crippen LogP contribution < -0.4 is 5.32 Å². The first-order valence-electron chi connectivity index (χ1n) is 8.64. The summed E-state index contributed by atoms with van der Waals surface area (Å²) in [6.45, 7) is 0. The van der Waals surface area contributed by atoms with Gasteiger partial charge in [0, 0.05) is 24.8 Å². The van der Waals surface area contributed by atoms with Crippen molar-refractivity contribution in [1.82, 2.24) is 15.5 Å². The molecule has 2 aromatic carbocycles. The van der Waals surface area contributed by atoms with Crippen LogP contribution in [0.25, 0.3) is 11.5 Å². The fourth-order valence-corrected chi connectivity index (χ4v) is 3.27. The van der Waals surface area contributed by atoms with E-state index in [-0.39, 0.29) is 18.4 Å². The van der Waals surface area contributed by atoms with E-state index in [1.165, 1.54) is 0 Å². The Morgan fingerprint density at radius 1 is 1.12 bits per heavy atom. The monoisotopic (exact) mass is 349 g/mol. The zero-order chi connectivity index (χ0) is 17.9. The summed E-state index contributed by atoms with van der Waals surface area (Å²) in [5.74, 6) is 0.720. The molecule has 1 aliphatic rings. The van der Waals surface area contributed by atoms with E-state index in [0.717, 1.165) is 16.7 Å². The molecular weight excluding hydrogens is 330 g/mol. The number of fused-ring (bicyclic) bond motifs is 1. The van der Waals surface area contributed by atoms with Crippen LogP contribution in [0.2, 0.25) is 0 Å². The molecular formula is C20H19N3O3. The van der Waals surface area contributed by atoms with Gasteiger partial charge in [-0.3, -0.25) is 4.79 Å². The molecule has 0 aliphatic heterocycles. The zero-order valence-corrected chi connectivity index (χ0v) is 14.1. The van der Waals surface area contributed by atoms with Gasteiger partial charge < -0.3 is 14.8 Å². The molecule has 3 aromatic rings. The van der Waals surface area contributed by atoms with Crippen LogP contribution in [0.5, 0.6) is 0 Å². The van der Waals surface area contributed by atoms with Gasteiger partial charge in [0.25, 0.3) is 0 Å². The van der Waals surface area contributed by atoms with Gasteiger partial charge in [0.15, 0.2) is 0 Å². The molecule has 1 aliphatic carbocycles. The zero-order valence-electron chi connectivity index (χ0n) is 14.1. The lowest BCUT2D eigenvalue weighted by Crippen LogP contribution is -2.34. The Bertz CT molecular complexity index is 907. The number of hydrogen-bond donors (Lipinski definition) is 2. The Morgan fingerprint density at radius 2 is 1.88 bits per heavy atom. The molecule has 0 unspecified atom stereocenters. The summed E-state index contributed by atoms with van der Waals surface area (Å²) in [5.41, 5.74) is 2.91. The molecule has 1 aromatic heterocycles. The molecule has 132 valence electrons. The fourth-order valence-electron chi connectivity index (χ4n) is 3.27. The van der Waals surface area contributed by atoms with E-state index >= 15 is 0 Å². The standard InChI is InChI=1S/C20H19N3O3/c24-16-12-14-8-4-5-9-15(14)19(16)21-17(25)10-11-18-22-23-20(26-18)13-6-2-1-3-7-13/h1-9,16,19,24H,10-12H2,(H,21,25)/t16-,19+/m1/s1. The lowest BCUT2D eigenvalue weighted by Gasteiger charge is -2.17. The first-order valence-corrected chi connectivity index (χ1v) is 8.64. The summed E-state index contributed by atoms with van der Waals surface area (Å²) in [6.07, 6.45) is 0.549. The van der Waals surface area contributed by atoms with Crippen LogP contribution in [0.15, 0.2) is 59.0 Å². The number of rotatable bonds is 5. The highest BCUT2D eigenvalue weighted by molar-refractivity contribution is 5.77. The van der Waals surface area contributed by atoms with Crippen LogP contribution in [0.4, 0.5) is 0 Å². The number of aryl methyl sites for hydroxylation is 1. The minimum absolute atomic E-state index is 0.148. The van der Waals surface area contributed by atoms with Crippen molar-refractivity contribution in [2.24, 2.45) is 0 Å². The maximum absolute atomic E-state index is 12.3. The second-order valence-electron chi connectivity index (χ2n) is 6.38. The summed E-state index contributed by atoms with van der Waals surface area (Å²) in [4.78, 5) is 12.3. The molecule has 0 fully saturated rings. The normalized spacial score (nSPS) is 18.5. The Labute approximate surface area is 150 Å². The number of nitrogens with one attached hydrogen (secondary N) is 1. The molecule has 26 heavy (non-hydrogen) atoms. The van der Waals surface area contributed by atoms with Crippen molar-refractivity contribution >= 4 is 5.91 Å². The SMILES string of the molecule is O=C(CCc1nnc(-c2ccccc2)o1)N[C@H]1c2ccccc2C[C@H]1O. The van der Waals surface area contributed by atoms with Crippen LogP contribution in [0.3, 0.4) is 0 Å². The van der Waals surface area contributed by atoms with E-state index in [9.17, 15) is 9.90 Å². The number of hydrogen-bond acceptors (Lipinski definition) is 5. The maximum Gasteiger partial charge on any atom is 0.247 e. The topological polar surface area (TPSA) is 88.2 Å². The fraction of sp³-hybridized carbons (Fsp3) is 0.250. The third kappa shape index (κ3) is 3.36. The van der Waals surface area contributed by atoms with Crippen molar-refractivity contribution in [3.05, 3.63) is 71.6 Å². The summed E-state index contributed by atoms with van der Waals surface area (Å²) in [7, 11) is 0. The number of nitrogens with zero attached hydrogens (tertiary/aromatic N) is 2. The second-order valence-corrected chi connectivity index (χ2v) is 6.38. The van der Waals surface area contributed by atoms with Crippen molar-refractivity contribution in [1.29, 1.82) is 0 Å². The van der Waals surface area contributed by atoms with E-state index in [1.807, 2.05) is 54.6 Å². The Kier molecular flexibility index (Phi) is 4.50. The first kappa shape index (κ1) is 16.5. The Morgan fingerprint density at radius 3 is 2.73 bits per heavy atom. The molecule has 0 spiro atoms. The maximum atomic E-state index is 12.3. The molecule has 0 saturated carbocycles. The average molecular weight is 349 g/mol. The van der Waals surface area contributed by atoms with Crippen LogP contribution in [0.1, 0.15) is 29.5 Å². The molecule has 6 heteroatoms.